The highest BCUT2D eigenvalue weighted by molar-refractivity contribution is 6.74. The smallest absolute Gasteiger partial charge is 0.314 e. The maximum atomic E-state index is 11.3. The normalized spacial score (nSPS) is 11.6. The van der Waals surface area contributed by atoms with Crippen molar-refractivity contribution >= 4 is 8.07 Å². The van der Waals surface area contributed by atoms with Crippen LogP contribution in [0.3, 0.4) is 0 Å². The van der Waals surface area contributed by atoms with Gasteiger partial charge < -0.3 is 4.98 Å². The Morgan fingerprint density at radius 3 is 2.46 bits per heavy atom. The Morgan fingerprint density at radius 2 is 2.00 bits per heavy atom. The predicted octanol–water partition coefficient (Wildman–Crippen LogP) is 0.414. The van der Waals surface area contributed by atoms with Crippen LogP contribution in [0.5, 0.6) is 0 Å². The van der Waals surface area contributed by atoms with E-state index >= 15 is 0 Å². The van der Waals surface area contributed by atoms with E-state index < -0.39 is 8.07 Å². The molecule has 0 atom stereocenters. The minimum Gasteiger partial charge on any atom is -0.314 e. The third-order valence-corrected chi connectivity index (χ3v) is 2.84. The van der Waals surface area contributed by atoms with E-state index in [1.807, 2.05) is 0 Å². The molecule has 0 amide bonds. The zero-order valence-electron chi connectivity index (χ0n) is 8.13. The Morgan fingerprint density at radius 1 is 1.38 bits per heavy atom. The summed E-state index contributed by atoms with van der Waals surface area (Å²) >= 11 is 0. The van der Waals surface area contributed by atoms with Crippen LogP contribution in [0.2, 0.25) is 19.6 Å². The van der Waals surface area contributed by atoms with Crippen LogP contribution < -0.4 is 11.2 Å². The number of rotatable bonds is 2. The fourth-order valence-electron chi connectivity index (χ4n) is 1.08. The molecule has 0 aromatic carbocycles. The van der Waals surface area contributed by atoms with Crippen molar-refractivity contribution in [3.05, 3.63) is 33.1 Å². The van der Waals surface area contributed by atoms with Crippen LogP contribution in [0.4, 0.5) is 0 Å². The topological polar surface area (TPSA) is 54.9 Å². The van der Waals surface area contributed by atoms with E-state index in [1.54, 1.807) is 0 Å². The lowest BCUT2D eigenvalue weighted by molar-refractivity contribution is 0.735. The van der Waals surface area contributed by atoms with Crippen molar-refractivity contribution < 1.29 is 0 Å². The van der Waals surface area contributed by atoms with E-state index in [4.69, 9.17) is 0 Å². The summed E-state index contributed by atoms with van der Waals surface area (Å²) in [6.07, 6.45) is 1.95. The van der Waals surface area contributed by atoms with E-state index in [0.717, 1.165) is 0 Å². The molecule has 0 saturated heterocycles. The van der Waals surface area contributed by atoms with Crippen LogP contribution in [0, 0.1) is 0 Å². The van der Waals surface area contributed by atoms with E-state index in [2.05, 4.69) is 24.6 Å². The first-order valence-corrected chi connectivity index (χ1v) is 7.89. The number of nitrogens with one attached hydrogen (secondary N) is 1. The van der Waals surface area contributed by atoms with Crippen molar-refractivity contribution in [3.8, 4) is 0 Å². The molecular formula is C8H14N2O2Si. The maximum absolute atomic E-state index is 11.3. The van der Waals surface area contributed by atoms with Gasteiger partial charge >= 0.3 is 5.69 Å². The van der Waals surface area contributed by atoms with Gasteiger partial charge in [-0.2, -0.15) is 0 Å². The van der Waals surface area contributed by atoms with Gasteiger partial charge in [0.15, 0.2) is 0 Å². The summed E-state index contributed by atoms with van der Waals surface area (Å²) in [7, 11) is -1.42. The highest BCUT2D eigenvalue weighted by atomic mass is 28.3. The van der Waals surface area contributed by atoms with Gasteiger partial charge in [-0.1, -0.05) is 19.6 Å². The van der Waals surface area contributed by atoms with Gasteiger partial charge in [0.2, 0.25) is 0 Å². The summed E-state index contributed by atoms with van der Waals surface area (Å²) in [5.74, 6) is 0. The molecule has 72 valence electrons. The second-order valence-corrected chi connectivity index (χ2v) is 9.71. The largest absolute Gasteiger partial charge is 0.328 e. The summed E-state index contributed by atoms with van der Waals surface area (Å²) in [5, 5.41) is 0. The minimum absolute atomic E-state index is 0.217. The molecule has 0 bridgehead atoms. The first kappa shape index (κ1) is 9.98. The number of hydrogen-bond acceptors (Lipinski definition) is 2. The molecule has 1 rings (SSSR count). The molecule has 1 heterocycles. The Kier molecular flexibility index (Phi) is 2.56. The van der Waals surface area contributed by atoms with Crippen molar-refractivity contribution in [2.24, 2.45) is 0 Å². The molecule has 1 N–H and O–H groups in total. The summed E-state index contributed by atoms with van der Waals surface area (Å²) in [4.78, 5) is 25.0. The number of nitrogens with zero attached hydrogens (tertiary/aromatic N) is 1. The monoisotopic (exact) mass is 198 g/mol. The lowest BCUT2D eigenvalue weighted by Gasteiger charge is -2.15. The highest BCUT2D eigenvalue weighted by Gasteiger charge is 2.15. The Balaban J connectivity index is 3.16. The Labute approximate surface area is 77.2 Å². The second-order valence-electron chi connectivity index (χ2n) is 4.27. The zero-order valence-corrected chi connectivity index (χ0v) is 9.13. The summed E-state index contributed by atoms with van der Waals surface area (Å²) in [6, 6.07) is 1.38. The average Bonchev–Trinajstić information content (AvgIpc) is 1.95. The third kappa shape index (κ3) is 2.69. The van der Waals surface area contributed by atoms with Gasteiger partial charge in [-0.15, -0.1) is 0 Å². The number of aromatic amines is 1. The molecule has 13 heavy (non-hydrogen) atoms. The van der Waals surface area contributed by atoms with Gasteiger partial charge in [-0.05, 0) is 0 Å². The van der Waals surface area contributed by atoms with Gasteiger partial charge in [0, 0.05) is 18.4 Å². The van der Waals surface area contributed by atoms with Crippen molar-refractivity contribution in [2.45, 2.75) is 25.8 Å². The lowest BCUT2D eigenvalue weighted by Crippen LogP contribution is -2.42. The van der Waals surface area contributed by atoms with Crippen LogP contribution in [0.1, 0.15) is 0 Å². The SMILES string of the molecule is C[Si](C)(C)Cn1c(=O)cc[nH]c1=O. The van der Waals surface area contributed by atoms with Crippen LogP contribution in [0.15, 0.2) is 21.9 Å². The van der Waals surface area contributed by atoms with E-state index in [9.17, 15) is 9.59 Å². The summed E-state index contributed by atoms with van der Waals surface area (Å²) < 4.78 is 1.27. The first-order valence-electron chi connectivity index (χ1n) is 4.19. The fourth-order valence-corrected chi connectivity index (χ4v) is 2.32. The summed E-state index contributed by atoms with van der Waals surface area (Å²) in [6.45, 7) is 6.35. The zero-order chi connectivity index (χ0) is 10.1. The molecule has 0 aliphatic carbocycles. The maximum Gasteiger partial charge on any atom is 0.328 e. The molecule has 0 unspecified atom stereocenters. The minimum atomic E-state index is -1.42. The third-order valence-electron chi connectivity index (χ3n) is 1.58. The van der Waals surface area contributed by atoms with E-state index in [0.29, 0.717) is 6.17 Å². The highest BCUT2D eigenvalue weighted by Crippen LogP contribution is 2.00. The summed E-state index contributed by atoms with van der Waals surface area (Å²) in [5.41, 5.74) is -0.527. The number of H-pyrrole nitrogens is 1. The average molecular weight is 198 g/mol. The molecule has 4 nitrogen and oxygen atoms in total. The fraction of sp³-hybridized carbons (Fsp3) is 0.500. The number of hydrogen-bond donors (Lipinski definition) is 1. The molecule has 0 spiro atoms. The van der Waals surface area contributed by atoms with Gasteiger partial charge in [0.05, 0.1) is 8.07 Å². The van der Waals surface area contributed by atoms with Crippen molar-refractivity contribution in [3.63, 3.8) is 0 Å². The molecule has 0 saturated carbocycles. The van der Waals surface area contributed by atoms with Gasteiger partial charge in [-0.25, -0.2) is 4.79 Å². The first-order chi connectivity index (χ1) is 5.90. The van der Waals surface area contributed by atoms with Crippen molar-refractivity contribution in [1.29, 1.82) is 0 Å². The Hall–Kier alpha value is -1.10. The molecule has 0 radical (unpaired) electrons. The number of aromatic nitrogens is 2. The predicted molar refractivity (Wildman–Crippen MR) is 54.7 cm³/mol. The van der Waals surface area contributed by atoms with Gasteiger partial charge in [0.25, 0.3) is 5.56 Å². The molecule has 5 heteroatoms. The van der Waals surface area contributed by atoms with Gasteiger partial charge in [0.1, 0.15) is 0 Å². The molecule has 0 fully saturated rings. The molecule has 1 aromatic rings. The molecule has 1 aromatic heterocycles. The van der Waals surface area contributed by atoms with Crippen molar-refractivity contribution in [1.82, 2.24) is 9.55 Å². The lowest BCUT2D eigenvalue weighted by atomic mass is 10.6. The van der Waals surface area contributed by atoms with Crippen LogP contribution in [-0.4, -0.2) is 17.6 Å². The standard InChI is InChI=1S/C8H14N2O2Si/c1-13(2,3)6-10-7(11)4-5-9-8(10)12/h4-5H,6H2,1-3H3,(H,9,12). The van der Waals surface area contributed by atoms with Gasteiger partial charge in [-0.3, -0.25) is 9.36 Å². The van der Waals surface area contributed by atoms with E-state index in [-0.39, 0.29) is 11.2 Å². The van der Waals surface area contributed by atoms with E-state index in [1.165, 1.54) is 16.8 Å². The quantitative estimate of drug-likeness (QED) is 0.700. The van der Waals surface area contributed by atoms with Crippen LogP contribution >= 0.6 is 0 Å². The molecular weight excluding hydrogens is 184 g/mol. The van der Waals surface area contributed by atoms with Crippen molar-refractivity contribution in [2.75, 3.05) is 0 Å². The molecule has 0 aliphatic rings. The Bertz CT molecular complexity index is 371. The van der Waals surface area contributed by atoms with Crippen LogP contribution in [-0.2, 0) is 6.17 Å². The molecule has 0 aliphatic heterocycles. The van der Waals surface area contributed by atoms with Crippen LogP contribution in [0.25, 0.3) is 0 Å². The second kappa shape index (κ2) is 3.33.